The topological polar surface area (TPSA) is 64.2 Å². The molecule has 1 aliphatic heterocycles. The van der Waals surface area contributed by atoms with Crippen molar-refractivity contribution in [3.05, 3.63) is 42.4 Å². The van der Waals surface area contributed by atoms with Gasteiger partial charge in [0.15, 0.2) is 0 Å². The van der Waals surface area contributed by atoms with Gasteiger partial charge in [-0.25, -0.2) is 4.98 Å². The molecule has 0 radical (unpaired) electrons. The fourth-order valence-electron chi connectivity index (χ4n) is 3.91. The minimum absolute atomic E-state index is 0.0193. The second-order valence-corrected chi connectivity index (χ2v) is 7.87. The summed E-state index contributed by atoms with van der Waals surface area (Å²) < 4.78 is 2.21. The summed E-state index contributed by atoms with van der Waals surface area (Å²) >= 11 is 4.22. The largest absolute Gasteiger partial charge is 0.331 e. The van der Waals surface area contributed by atoms with Gasteiger partial charge in [-0.3, -0.25) is 4.79 Å². The predicted molar refractivity (Wildman–Crippen MR) is 113 cm³/mol. The SMILES string of the molecule is CCCC(C)C[C@H]1c2nc(-c3ccccc3)cn2CCN1C(=O)[C@@H](N)CS. The molecule has 6 heteroatoms. The molecule has 5 nitrogen and oxygen atoms in total. The standard InChI is InChI=1S/C21H30N4OS/c1-3-7-15(2)12-19-20-23-18(16-8-5-4-6-9-16)13-24(20)10-11-25(19)21(26)17(22)14-27/h4-6,8-9,13,15,17,19,27H,3,7,10-12,14,22H2,1-2H3/t15?,17-,19-/m0/s1. The number of fused-ring (bicyclic) bond motifs is 1. The Morgan fingerprint density at radius 2 is 2.07 bits per heavy atom. The first kappa shape index (κ1) is 20.0. The first-order chi connectivity index (χ1) is 13.0. The molecule has 0 bridgehead atoms. The first-order valence-corrected chi connectivity index (χ1v) is 10.5. The highest BCUT2D eigenvalue weighted by Crippen LogP contribution is 2.34. The summed E-state index contributed by atoms with van der Waals surface area (Å²) in [6.45, 7) is 5.87. The smallest absolute Gasteiger partial charge is 0.241 e. The molecule has 3 atom stereocenters. The predicted octanol–water partition coefficient (Wildman–Crippen LogP) is 3.52. The van der Waals surface area contributed by atoms with Gasteiger partial charge in [0.05, 0.1) is 17.8 Å². The van der Waals surface area contributed by atoms with Crippen molar-refractivity contribution in [3.63, 3.8) is 0 Å². The highest BCUT2D eigenvalue weighted by atomic mass is 32.1. The molecule has 2 N–H and O–H groups in total. The van der Waals surface area contributed by atoms with E-state index in [0.717, 1.165) is 42.9 Å². The van der Waals surface area contributed by atoms with Gasteiger partial charge in [0.25, 0.3) is 0 Å². The van der Waals surface area contributed by atoms with Crippen molar-refractivity contribution in [2.45, 2.75) is 51.7 Å². The summed E-state index contributed by atoms with van der Waals surface area (Å²) in [6, 6.07) is 9.61. The van der Waals surface area contributed by atoms with Gasteiger partial charge in [0.1, 0.15) is 5.82 Å². The van der Waals surface area contributed by atoms with Gasteiger partial charge in [0, 0.05) is 30.6 Å². The monoisotopic (exact) mass is 386 g/mol. The summed E-state index contributed by atoms with van der Waals surface area (Å²) in [5, 5.41) is 0. The van der Waals surface area contributed by atoms with E-state index >= 15 is 0 Å². The average Bonchev–Trinajstić information content (AvgIpc) is 3.13. The van der Waals surface area contributed by atoms with Crippen molar-refractivity contribution in [1.82, 2.24) is 14.5 Å². The Labute approximate surface area is 167 Å². The van der Waals surface area contributed by atoms with Gasteiger partial charge in [-0.2, -0.15) is 12.6 Å². The van der Waals surface area contributed by atoms with Crippen LogP contribution in [0.25, 0.3) is 11.3 Å². The van der Waals surface area contributed by atoms with Crippen LogP contribution in [0.2, 0.25) is 0 Å². The lowest BCUT2D eigenvalue weighted by molar-refractivity contribution is -0.136. The van der Waals surface area contributed by atoms with Crippen LogP contribution in [-0.4, -0.2) is 38.7 Å². The van der Waals surface area contributed by atoms with Crippen LogP contribution in [0.5, 0.6) is 0 Å². The number of rotatable bonds is 7. The molecular weight excluding hydrogens is 356 g/mol. The van der Waals surface area contributed by atoms with Crippen molar-refractivity contribution < 1.29 is 4.79 Å². The molecule has 2 heterocycles. The van der Waals surface area contributed by atoms with Gasteiger partial charge >= 0.3 is 0 Å². The molecule has 27 heavy (non-hydrogen) atoms. The third-order valence-electron chi connectivity index (χ3n) is 5.34. The van der Waals surface area contributed by atoms with Gasteiger partial charge in [-0.05, 0) is 12.3 Å². The van der Waals surface area contributed by atoms with Crippen LogP contribution >= 0.6 is 12.6 Å². The third kappa shape index (κ3) is 4.38. The van der Waals surface area contributed by atoms with Gasteiger partial charge in [-0.15, -0.1) is 0 Å². The normalized spacial score (nSPS) is 18.8. The van der Waals surface area contributed by atoms with Crippen LogP contribution in [0.4, 0.5) is 0 Å². The number of nitrogens with two attached hydrogens (primary N) is 1. The number of benzene rings is 1. The molecule has 0 saturated heterocycles. The molecule has 1 aliphatic rings. The van der Waals surface area contributed by atoms with Crippen molar-refractivity contribution in [2.75, 3.05) is 12.3 Å². The third-order valence-corrected chi connectivity index (χ3v) is 5.73. The number of thiol groups is 1. The Hall–Kier alpha value is -1.79. The number of imidazole rings is 1. The lowest BCUT2D eigenvalue weighted by atomic mass is 9.94. The van der Waals surface area contributed by atoms with Crippen LogP contribution in [0.15, 0.2) is 36.5 Å². The highest BCUT2D eigenvalue weighted by molar-refractivity contribution is 7.80. The lowest BCUT2D eigenvalue weighted by Gasteiger charge is -2.38. The summed E-state index contributed by atoms with van der Waals surface area (Å²) in [7, 11) is 0. The Morgan fingerprint density at radius 1 is 1.33 bits per heavy atom. The Bertz CT molecular complexity index is 761. The van der Waals surface area contributed by atoms with Crippen LogP contribution < -0.4 is 5.73 Å². The molecule has 146 valence electrons. The van der Waals surface area contributed by atoms with E-state index in [2.05, 4.69) is 49.4 Å². The van der Waals surface area contributed by atoms with Crippen molar-refractivity contribution in [2.24, 2.45) is 11.7 Å². The van der Waals surface area contributed by atoms with E-state index in [9.17, 15) is 4.79 Å². The summed E-state index contributed by atoms with van der Waals surface area (Å²) in [4.78, 5) is 19.8. The number of aromatic nitrogens is 2. The molecule has 0 saturated carbocycles. The summed E-state index contributed by atoms with van der Waals surface area (Å²) in [6.07, 6.45) is 5.30. The number of hydrogen-bond donors (Lipinski definition) is 2. The van der Waals surface area contributed by atoms with E-state index in [-0.39, 0.29) is 11.9 Å². The molecule has 0 fully saturated rings. The zero-order chi connectivity index (χ0) is 19.4. The quantitative estimate of drug-likeness (QED) is 0.716. The van der Waals surface area contributed by atoms with E-state index in [0.29, 0.717) is 18.2 Å². The molecule has 0 aliphatic carbocycles. The molecule has 3 rings (SSSR count). The fourth-order valence-corrected chi connectivity index (χ4v) is 4.07. The molecule has 1 aromatic carbocycles. The Kier molecular flexibility index (Phi) is 6.60. The van der Waals surface area contributed by atoms with Gasteiger partial charge in [0.2, 0.25) is 5.91 Å². The Balaban J connectivity index is 1.94. The van der Waals surface area contributed by atoms with Crippen LogP contribution in [0.1, 0.15) is 45.0 Å². The Morgan fingerprint density at radius 3 is 2.74 bits per heavy atom. The van der Waals surface area contributed by atoms with Gasteiger partial charge < -0.3 is 15.2 Å². The summed E-state index contributed by atoms with van der Waals surface area (Å²) in [5.74, 6) is 1.83. The molecule has 0 spiro atoms. The maximum absolute atomic E-state index is 12.9. The second kappa shape index (κ2) is 8.93. The minimum atomic E-state index is -0.563. The van der Waals surface area contributed by atoms with E-state index < -0.39 is 6.04 Å². The molecule has 2 aromatic rings. The maximum Gasteiger partial charge on any atom is 0.241 e. The fraction of sp³-hybridized carbons (Fsp3) is 0.524. The number of nitrogens with zero attached hydrogens (tertiary/aromatic N) is 3. The number of carbonyl (C=O) groups is 1. The zero-order valence-electron chi connectivity index (χ0n) is 16.2. The average molecular weight is 387 g/mol. The van der Waals surface area contributed by atoms with E-state index in [4.69, 9.17) is 10.7 Å². The van der Waals surface area contributed by atoms with Crippen LogP contribution in [0, 0.1) is 5.92 Å². The van der Waals surface area contributed by atoms with E-state index in [1.165, 1.54) is 0 Å². The molecule has 1 amide bonds. The highest BCUT2D eigenvalue weighted by Gasteiger charge is 2.35. The van der Waals surface area contributed by atoms with Crippen LogP contribution in [-0.2, 0) is 11.3 Å². The second-order valence-electron chi connectivity index (χ2n) is 7.51. The molecule has 1 aromatic heterocycles. The van der Waals surface area contributed by atoms with Crippen molar-refractivity contribution in [3.8, 4) is 11.3 Å². The van der Waals surface area contributed by atoms with Crippen molar-refractivity contribution in [1.29, 1.82) is 0 Å². The number of amides is 1. The van der Waals surface area contributed by atoms with Crippen molar-refractivity contribution >= 4 is 18.5 Å². The number of carbonyl (C=O) groups excluding carboxylic acids is 1. The minimum Gasteiger partial charge on any atom is -0.331 e. The maximum atomic E-state index is 12.9. The first-order valence-electron chi connectivity index (χ1n) is 9.84. The van der Waals surface area contributed by atoms with Crippen LogP contribution in [0.3, 0.4) is 0 Å². The molecule has 1 unspecified atom stereocenters. The lowest BCUT2D eigenvalue weighted by Crippen LogP contribution is -2.50. The zero-order valence-corrected chi connectivity index (χ0v) is 17.1. The van der Waals surface area contributed by atoms with E-state index in [1.54, 1.807) is 0 Å². The molecular formula is C21H30N4OS. The van der Waals surface area contributed by atoms with E-state index in [1.807, 2.05) is 23.1 Å². The summed E-state index contributed by atoms with van der Waals surface area (Å²) in [5.41, 5.74) is 8.09. The van der Waals surface area contributed by atoms with Gasteiger partial charge in [-0.1, -0.05) is 57.0 Å². The number of hydrogen-bond acceptors (Lipinski definition) is 4.